The molecule has 0 aliphatic carbocycles. The molecule has 0 atom stereocenters. The molecule has 0 bridgehead atoms. The van der Waals surface area contributed by atoms with Gasteiger partial charge in [-0.15, -0.1) is 5.10 Å². The Labute approximate surface area is 176 Å². The molecule has 0 radical (unpaired) electrons. The fourth-order valence-corrected chi connectivity index (χ4v) is 4.46. The van der Waals surface area contributed by atoms with Crippen LogP contribution in [0.15, 0.2) is 51.7 Å². The second kappa shape index (κ2) is 7.72. The SMILES string of the molecule is O=c1c2cc(Br)ccc2nc2c3ccccc3c(NCCN3CCCCC3)nn12. The maximum Gasteiger partial charge on any atom is 0.282 e. The summed E-state index contributed by atoms with van der Waals surface area (Å²) in [6, 6.07) is 13.6. The van der Waals surface area contributed by atoms with Gasteiger partial charge in [-0.1, -0.05) is 46.6 Å². The summed E-state index contributed by atoms with van der Waals surface area (Å²) in [5, 5.41) is 10.6. The highest BCUT2D eigenvalue weighted by atomic mass is 79.9. The van der Waals surface area contributed by atoms with Gasteiger partial charge in [0.25, 0.3) is 5.56 Å². The zero-order chi connectivity index (χ0) is 19.8. The molecule has 0 spiro atoms. The van der Waals surface area contributed by atoms with E-state index in [-0.39, 0.29) is 5.56 Å². The minimum atomic E-state index is -0.156. The second-order valence-corrected chi connectivity index (χ2v) is 8.45. The molecule has 5 rings (SSSR count). The monoisotopic (exact) mass is 451 g/mol. The number of halogens is 1. The van der Waals surface area contributed by atoms with Crippen LogP contribution in [0.3, 0.4) is 0 Å². The molecular formula is C22H22BrN5O. The average Bonchev–Trinajstić information content (AvgIpc) is 2.76. The van der Waals surface area contributed by atoms with E-state index in [4.69, 9.17) is 4.98 Å². The molecule has 4 aromatic rings. The molecule has 1 saturated heterocycles. The summed E-state index contributed by atoms with van der Waals surface area (Å²) in [6.07, 6.45) is 3.89. The van der Waals surface area contributed by atoms with E-state index < -0.39 is 0 Å². The van der Waals surface area contributed by atoms with Gasteiger partial charge in [0, 0.05) is 28.3 Å². The van der Waals surface area contributed by atoms with Crippen LogP contribution in [-0.4, -0.2) is 45.7 Å². The number of hydrogen-bond acceptors (Lipinski definition) is 5. The summed E-state index contributed by atoms with van der Waals surface area (Å²) in [4.78, 5) is 20.4. The quantitative estimate of drug-likeness (QED) is 0.374. The Morgan fingerprint density at radius 2 is 1.79 bits per heavy atom. The van der Waals surface area contributed by atoms with Gasteiger partial charge in [-0.3, -0.25) is 4.79 Å². The fourth-order valence-electron chi connectivity index (χ4n) is 4.10. The minimum absolute atomic E-state index is 0.156. The van der Waals surface area contributed by atoms with Crippen molar-refractivity contribution in [2.75, 3.05) is 31.5 Å². The molecule has 0 saturated carbocycles. The Morgan fingerprint density at radius 1 is 1.00 bits per heavy atom. The van der Waals surface area contributed by atoms with Gasteiger partial charge in [0.1, 0.15) is 0 Å². The van der Waals surface area contributed by atoms with Crippen LogP contribution in [0.4, 0.5) is 5.82 Å². The lowest BCUT2D eigenvalue weighted by atomic mass is 10.1. The molecule has 0 unspecified atom stereocenters. The maximum absolute atomic E-state index is 13.2. The molecule has 6 nitrogen and oxygen atoms in total. The van der Waals surface area contributed by atoms with E-state index >= 15 is 0 Å². The highest BCUT2D eigenvalue weighted by Crippen LogP contribution is 2.25. The van der Waals surface area contributed by atoms with Crippen molar-refractivity contribution in [3.63, 3.8) is 0 Å². The van der Waals surface area contributed by atoms with Crippen LogP contribution in [-0.2, 0) is 0 Å². The van der Waals surface area contributed by atoms with E-state index in [2.05, 4.69) is 31.2 Å². The van der Waals surface area contributed by atoms with Crippen LogP contribution in [0.5, 0.6) is 0 Å². The summed E-state index contributed by atoms with van der Waals surface area (Å²) in [7, 11) is 0. The average molecular weight is 452 g/mol. The zero-order valence-corrected chi connectivity index (χ0v) is 17.7. The van der Waals surface area contributed by atoms with Crippen molar-refractivity contribution in [1.29, 1.82) is 0 Å². The molecular weight excluding hydrogens is 430 g/mol. The van der Waals surface area contributed by atoms with Crippen LogP contribution in [0.2, 0.25) is 0 Å². The van der Waals surface area contributed by atoms with Crippen molar-refractivity contribution >= 4 is 49.1 Å². The predicted molar refractivity (Wildman–Crippen MR) is 121 cm³/mol. The number of aromatic nitrogens is 3. The summed E-state index contributed by atoms with van der Waals surface area (Å²) in [6.45, 7) is 4.10. The maximum atomic E-state index is 13.2. The molecule has 1 fully saturated rings. The Hall–Kier alpha value is -2.51. The normalized spacial score (nSPS) is 15.3. The molecule has 2 aromatic carbocycles. The van der Waals surface area contributed by atoms with Crippen molar-refractivity contribution in [2.24, 2.45) is 0 Å². The van der Waals surface area contributed by atoms with Crippen LogP contribution >= 0.6 is 15.9 Å². The Bertz CT molecular complexity index is 1260. The highest BCUT2D eigenvalue weighted by Gasteiger charge is 2.14. The number of nitrogens with zero attached hydrogens (tertiary/aromatic N) is 4. The number of nitrogens with one attached hydrogen (secondary N) is 1. The lowest BCUT2D eigenvalue weighted by molar-refractivity contribution is 0.237. The van der Waals surface area contributed by atoms with E-state index in [1.54, 1.807) is 6.07 Å². The van der Waals surface area contributed by atoms with Crippen molar-refractivity contribution in [3.05, 3.63) is 57.3 Å². The van der Waals surface area contributed by atoms with Crippen molar-refractivity contribution < 1.29 is 0 Å². The Balaban J connectivity index is 1.60. The molecule has 3 heterocycles. The largest absolute Gasteiger partial charge is 0.367 e. The molecule has 7 heteroatoms. The standard InChI is InChI=1S/C22H22BrN5O/c23-15-8-9-19-18(14-15)22(29)28-21(25-19)17-7-3-2-6-16(17)20(26-28)24-10-13-27-11-4-1-5-12-27/h2-3,6-9,14H,1,4-5,10-13H2,(H,24,26). The first kappa shape index (κ1) is 18.5. The molecule has 148 valence electrons. The predicted octanol–water partition coefficient (Wildman–Crippen LogP) is 4.06. The van der Waals surface area contributed by atoms with E-state index in [9.17, 15) is 4.79 Å². The van der Waals surface area contributed by atoms with Crippen LogP contribution in [0.1, 0.15) is 19.3 Å². The molecule has 2 aromatic heterocycles. The third kappa shape index (κ3) is 3.49. The van der Waals surface area contributed by atoms with Gasteiger partial charge >= 0.3 is 0 Å². The van der Waals surface area contributed by atoms with Gasteiger partial charge in [-0.25, -0.2) is 4.98 Å². The summed E-state index contributed by atoms with van der Waals surface area (Å²) < 4.78 is 2.28. The van der Waals surface area contributed by atoms with E-state index in [1.165, 1.54) is 23.8 Å². The van der Waals surface area contributed by atoms with Gasteiger partial charge in [-0.2, -0.15) is 4.52 Å². The van der Waals surface area contributed by atoms with Crippen molar-refractivity contribution in [1.82, 2.24) is 19.5 Å². The van der Waals surface area contributed by atoms with Gasteiger partial charge in [0.15, 0.2) is 11.5 Å². The first-order chi connectivity index (χ1) is 14.2. The number of hydrogen-bond donors (Lipinski definition) is 1. The third-order valence-corrected chi connectivity index (χ3v) is 6.09. The lowest BCUT2D eigenvalue weighted by Gasteiger charge is -2.26. The van der Waals surface area contributed by atoms with Crippen LogP contribution in [0, 0.1) is 0 Å². The van der Waals surface area contributed by atoms with Crippen molar-refractivity contribution in [3.8, 4) is 0 Å². The molecule has 1 aliphatic heterocycles. The summed E-state index contributed by atoms with van der Waals surface area (Å²) in [5.41, 5.74) is 1.11. The molecule has 1 aliphatic rings. The number of piperidine rings is 1. The fraction of sp³-hybridized carbons (Fsp3) is 0.318. The topological polar surface area (TPSA) is 62.5 Å². The van der Waals surface area contributed by atoms with Gasteiger partial charge < -0.3 is 10.2 Å². The Kier molecular flexibility index (Phi) is 4.93. The second-order valence-electron chi connectivity index (χ2n) is 7.54. The zero-order valence-electron chi connectivity index (χ0n) is 16.1. The van der Waals surface area contributed by atoms with E-state index in [0.29, 0.717) is 16.6 Å². The van der Waals surface area contributed by atoms with Crippen molar-refractivity contribution in [2.45, 2.75) is 19.3 Å². The van der Waals surface area contributed by atoms with E-state index in [0.717, 1.165) is 47.2 Å². The van der Waals surface area contributed by atoms with E-state index in [1.807, 2.05) is 36.4 Å². The number of anilines is 1. The molecule has 0 amide bonds. The number of rotatable bonds is 4. The van der Waals surface area contributed by atoms with Crippen LogP contribution in [0.25, 0.3) is 27.3 Å². The number of likely N-dealkylation sites (tertiary alicyclic amines) is 1. The Morgan fingerprint density at radius 3 is 2.62 bits per heavy atom. The molecule has 1 N–H and O–H groups in total. The lowest BCUT2D eigenvalue weighted by Crippen LogP contribution is -2.34. The van der Waals surface area contributed by atoms with Gasteiger partial charge in [-0.05, 0) is 44.1 Å². The smallest absolute Gasteiger partial charge is 0.282 e. The third-order valence-electron chi connectivity index (χ3n) is 5.60. The number of fused-ring (bicyclic) bond motifs is 4. The molecule has 29 heavy (non-hydrogen) atoms. The first-order valence-corrected chi connectivity index (χ1v) is 10.9. The highest BCUT2D eigenvalue weighted by molar-refractivity contribution is 9.10. The first-order valence-electron chi connectivity index (χ1n) is 10.1. The van der Waals surface area contributed by atoms with Gasteiger partial charge in [0.2, 0.25) is 0 Å². The summed E-state index contributed by atoms with van der Waals surface area (Å²) in [5.74, 6) is 0.725. The summed E-state index contributed by atoms with van der Waals surface area (Å²) >= 11 is 3.44. The number of benzene rings is 2. The van der Waals surface area contributed by atoms with Crippen LogP contribution < -0.4 is 10.9 Å². The minimum Gasteiger partial charge on any atom is -0.367 e. The van der Waals surface area contributed by atoms with Gasteiger partial charge in [0.05, 0.1) is 10.9 Å².